The van der Waals surface area contributed by atoms with E-state index >= 15 is 0 Å². The molecule has 2 fully saturated rings. The summed E-state index contributed by atoms with van der Waals surface area (Å²) in [4.78, 5) is 5.00. The second-order valence-corrected chi connectivity index (χ2v) is 5.14. The van der Waals surface area contributed by atoms with Crippen LogP contribution in [-0.2, 0) is 0 Å². The van der Waals surface area contributed by atoms with Crippen molar-refractivity contribution in [1.29, 1.82) is 5.26 Å². The van der Waals surface area contributed by atoms with Crippen molar-refractivity contribution in [2.24, 2.45) is 0 Å². The van der Waals surface area contributed by atoms with E-state index in [0.717, 1.165) is 19.1 Å². The summed E-state index contributed by atoms with van der Waals surface area (Å²) < 4.78 is 0. The maximum absolute atomic E-state index is 8.75. The lowest BCUT2D eigenvalue weighted by molar-refractivity contribution is 0.108. The summed E-state index contributed by atoms with van der Waals surface area (Å²) in [7, 11) is 0. The van der Waals surface area contributed by atoms with E-state index in [1.165, 1.54) is 51.6 Å². The zero-order valence-electron chi connectivity index (χ0n) is 10.2. The third-order valence-electron chi connectivity index (χ3n) is 3.93. The summed E-state index contributed by atoms with van der Waals surface area (Å²) >= 11 is 0. The lowest BCUT2D eigenvalue weighted by Crippen LogP contribution is -2.48. The van der Waals surface area contributed by atoms with E-state index in [4.69, 9.17) is 5.26 Å². The van der Waals surface area contributed by atoms with Crippen LogP contribution < -0.4 is 0 Å². The fourth-order valence-corrected chi connectivity index (χ4v) is 3.03. The second kappa shape index (κ2) is 6.22. The molecule has 0 N–H and O–H groups in total. The number of nitrogens with zero attached hydrogens (tertiary/aromatic N) is 3. The van der Waals surface area contributed by atoms with Gasteiger partial charge in [-0.2, -0.15) is 5.26 Å². The van der Waals surface area contributed by atoms with Gasteiger partial charge in [0.1, 0.15) is 0 Å². The topological polar surface area (TPSA) is 30.3 Å². The Labute approximate surface area is 99.0 Å². The van der Waals surface area contributed by atoms with Crippen molar-refractivity contribution in [2.75, 3.05) is 32.7 Å². The van der Waals surface area contributed by atoms with Gasteiger partial charge in [-0.15, -0.1) is 0 Å². The fourth-order valence-electron chi connectivity index (χ4n) is 3.03. The Balaban J connectivity index is 1.85. The molecule has 0 bridgehead atoms. The normalized spacial score (nSPS) is 29.6. The molecule has 0 aromatic rings. The molecule has 0 saturated carbocycles. The Morgan fingerprint density at radius 1 is 1.00 bits per heavy atom. The molecule has 16 heavy (non-hydrogen) atoms. The Morgan fingerprint density at radius 2 is 1.75 bits per heavy atom. The number of hydrogen-bond donors (Lipinski definition) is 0. The second-order valence-electron chi connectivity index (χ2n) is 5.14. The largest absolute Gasteiger partial charge is 0.299 e. The number of nitriles is 1. The van der Waals surface area contributed by atoms with Crippen LogP contribution in [0, 0.1) is 11.3 Å². The minimum absolute atomic E-state index is 0.615. The standard InChI is InChI=1S/C13H23N3/c14-7-11-15-8-5-6-13(12-15)16-9-3-1-2-4-10-16/h13H,1-6,8-12H2. The van der Waals surface area contributed by atoms with Gasteiger partial charge in [0, 0.05) is 12.6 Å². The predicted molar refractivity (Wildman–Crippen MR) is 65.1 cm³/mol. The zero-order valence-corrected chi connectivity index (χ0v) is 10.2. The highest BCUT2D eigenvalue weighted by atomic mass is 15.2. The van der Waals surface area contributed by atoms with Crippen molar-refractivity contribution in [3.05, 3.63) is 0 Å². The van der Waals surface area contributed by atoms with Crippen LogP contribution in [0.25, 0.3) is 0 Å². The molecule has 0 aromatic heterocycles. The van der Waals surface area contributed by atoms with Crippen molar-refractivity contribution < 1.29 is 0 Å². The maximum atomic E-state index is 8.75. The minimum Gasteiger partial charge on any atom is -0.299 e. The first-order valence-electron chi connectivity index (χ1n) is 6.73. The summed E-state index contributed by atoms with van der Waals surface area (Å²) in [6.07, 6.45) is 8.16. The van der Waals surface area contributed by atoms with Crippen molar-refractivity contribution >= 4 is 0 Å². The number of likely N-dealkylation sites (tertiary alicyclic amines) is 2. The van der Waals surface area contributed by atoms with Crippen LogP contribution in [0.15, 0.2) is 0 Å². The van der Waals surface area contributed by atoms with E-state index in [9.17, 15) is 0 Å². The monoisotopic (exact) mass is 221 g/mol. The van der Waals surface area contributed by atoms with Crippen molar-refractivity contribution in [1.82, 2.24) is 9.80 Å². The first kappa shape index (κ1) is 11.9. The van der Waals surface area contributed by atoms with E-state index in [1.54, 1.807) is 0 Å². The van der Waals surface area contributed by atoms with Crippen LogP contribution in [0.1, 0.15) is 38.5 Å². The first-order valence-corrected chi connectivity index (χ1v) is 6.73. The number of hydrogen-bond acceptors (Lipinski definition) is 3. The van der Waals surface area contributed by atoms with E-state index in [1.807, 2.05) is 0 Å². The highest BCUT2D eigenvalue weighted by Crippen LogP contribution is 2.19. The minimum atomic E-state index is 0.615. The molecule has 2 saturated heterocycles. The average Bonchev–Trinajstić information content (AvgIpc) is 2.58. The Kier molecular flexibility index (Phi) is 4.62. The molecular formula is C13H23N3. The van der Waals surface area contributed by atoms with Gasteiger partial charge < -0.3 is 0 Å². The summed E-state index contributed by atoms with van der Waals surface area (Å²) in [5, 5.41) is 8.75. The Morgan fingerprint density at radius 3 is 2.44 bits per heavy atom. The summed E-state index contributed by atoms with van der Waals surface area (Å²) in [5.41, 5.74) is 0. The Bertz CT molecular complexity index is 238. The van der Waals surface area contributed by atoms with E-state index in [-0.39, 0.29) is 0 Å². The SMILES string of the molecule is N#CCN1CCCC(N2CCCCCC2)C1. The van der Waals surface area contributed by atoms with Crippen molar-refractivity contribution in [3.63, 3.8) is 0 Å². The van der Waals surface area contributed by atoms with Gasteiger partial charge in [0.15, 0.2) is 0 Å². The van der Waals surface area contributed by atoms with Gasteiger partial charge in [0.2, 0.25) is 0 Å². The first-order chi connectivity index (χ1) is 7.90. The maximum Gasteiger partial charge on any atom is 0.0866 e. The van der Waals surface area contributed by atoms with E-state index in [2.05, 4.69) is 15.9 Å². The van der Waals surface area contributed by atoms with Gasteiger partial charge in [-0.1, -0.05) is 12.8 Å². The molecule has 0 aliphatic carbocycles. The molecule has 0 amide bonds. The zero-order chi connectivity index (χ0) is 11.2. The van der Waals surface area contributed by atoms with E-state index < -0.39 is 0 Å². The van der Waals surface area contributed by atoms with Crippen LogP contribution >= 0.6 is 0 Å². The van der Waals surface area contributed by atoms with Gasteiger partial charge in [0.25, 0.3) is 0 Å². The van der Waals surface area contributed by atoms with Crippen molar-refractivity contribution in [3.8, 4) is 6.07 Å². The molecule has 1 atom stereocenters. The third-order valence-corrected chi connectivity index (χ3v) is 3.93. The molecule has 2 heterocycles. The van der Waals surface area contributed by atoms with Gasteiger partial charge >= 0.3 is 0 Å². The molecule has 0 aromatic carbocycles. The molecule has 2 aliphatic heterocycles. The van der Waals surface area contributed by atoms with Gasteiger partial charge in [-0.05, 0) is 45.3 Å². The molecule has 90 valence electrons. The average molecular weight is 221 g/mol. The summed E-state index contributed by atoms with van der Waals surface area (Å²) in [6, 6.07) is 3.00. The molecule has 3 heteroatoms. The number of piperidine rings is 1. The van der Waals surface area contributed by atoms with Gasteiger partial charge in [-0.25, -0.2) is 0 Å². The van der Waals surface area contributed by atoms with Crippen LogP contribution in [0.3, 0.4) is 0 Å². The smallest absolute Gasteiger partial charge is 0.0866 e. The highest BCUT2D eigenvalue weighted by molar-refractivity contribution is 4.86. The fraction of sp³-hybridized carbons (Fsp3) is 0.923. The van der Waals surface area contributed by atoms with Gasteiger partial charge in [-0.3, -0.25) is 9.80 Å². The van der Waals surface area contributed by atoms with Crippen LogP contribution in [0.4, 0.5) is 0 Å². The lowest BCUT2D eigenvalue weighted by atomic mass is 10.0. The molecular weight excluding hydrogens is 198 g/mol. The molecule has 0 spiro atoms. The number of rotatable bonds is 2. The van der Waals surface area contributed by atoms with Crippen molar-refractivity contribution in [2.45, 2.75) is 44.6 Å². The third kappa shape index (κ3) is 3.20. The van der Waals surface area contributed by atoms with Gasteiger partial charge in [0.05, 0.1) is 12.6 Å². The summed E-state index contributed by atoms with van der Waals surface area (Å²) in [6.45, 7) is 5.42. The highest BCUT2D eigenvalue weighted by Gasteiger charge is 2.25. The molecule has 2 aliphatic rings. The van der Waals surface area contributed by atoms with Crippen LogP contribution in [0.5, 0.6) is 0 Å². The molecule has 3 nitrogen and oxygen atoms in total. The molecule has 0 radical (unpaired) electrons. The molecule has 2 rings (SSSR count). The van der Waals surface area contributed by atoms with Crippen LogP contribution in [-0.4, -0.2) is 48.6 Å². The summed E-state index contributed by atoms with van der Waals surface area (Å²) in [5.74, 6) is 0. The lowest BCUT2D eigenvalue weighted by Gasteiger charge is -2.38. The van der Waals surface area contributed by atoms with Crippen LogP contribution in [0.2, 0.25) is 0 Å². The van der Waals surface area contributed by atoms with E-state index in [0.29, 0.717) is 6.54 Å². The quantitative estimate of drug-likeness (QED) is 0.667. The molecule has 1 unspecified atom stereocenters. The Hall–Kier alpha value is -0.590. The predicted octanol–water partition coefficient (Wildman–Crippen LogP) is 1.85.